The third-order valence-electron chi connectivity index (χ3n) is 6.31. The van der Waals surface area contributed by atoms with Crippen LogP contribution in [-0.2, 0) is 17.8 Å². The smallest absolute Gasteiger partial charge is 0.266 e. The number of rotatable bonds is 9. The molecule has 33 heavy (non-hydrogen) atoms. The summed E-state index contributed by atoms with van der Waals surface area (Å²) in [6.07, 6.45) is 3.80. The molecule has 1 aliphatic rings. The highest BCUT2D eigenvalue weighted by atomic mass is 16.2. The lowest BCUT2D eigenvalue weighted by molar-refractivity contribution is -0.121. The van der Waals surface area contributed by atoms with Crippen molar-refractivity contribution in [3.63, 3.8) is 0 Å². The number of benzene rings is 2. The van der Waals surface area contributed by atoms with Crippen molar-refractivity contribution in [3.05, 3.63) is 88.7 Å². The molecule has 0 atom stereocenters. The van der Waals surface area contributed by atoms with E-state index in [9.17, 15) is 9.59 Å². The summed E-state index contributed by atoms with van der Waals surface area (Å²) >= 11 is 0. The van der Waals surface area contributed by atoms with Gasteiger partial charge in [0.2, 0.25) is 5.91 Å². The number of likely N-dealkylation sites (tertiary alicyclic amines) is 1. The number of aromatic nitrogens is 2. The van der Waals surface area contributed by atoms with E-state index in [0.717, 1.165) is 43.2 Å². The van der Waals surface area contributed by atoms with Gasteiger partial charge < -0.3 is 10.2 Å². The second-order valence-electron chi connectivity index (χ2n) is 8.72. The van der Waals surface area contributed by atoms with Crippen LogP contribution in [0.4, 0.5) is 0 Å². The van der Waals surface area contributed by atoms with Crippen LogP contribution in [-0.4, -0.2) is 46.8 Å². The van der Waals surface area contributed by atoms with Crippen LogP contribution in [0.3, 0.4) is 0 Å². The van der Waals surface area contributed by atoms with E-state index in [0.29, 0.717) is 6.54 Å². The molecule has 2 aromatic carbocycles. The highest BCUT2D eigenvalue weighted by molar-refractivity contribution is 5.75. The molecule has 0 saturated carbocycles. The van der Waals surface area contributed by atoms with Crippen LogP contribution in [0, 0.1) is 5.92 Å². The summed E-state index contributed by atoms with van der Waals surface area (Å²) in [5, 5.41) is 7.41. The van der Waals surface area contributed by atoms with Crippen molar-refractivity contribution in [3.8, 4) is 11.3 Å². The van der Waals surface area contributed by atoms with E-state index in [-0.39, 0.29) is 24.4 Å². The topological polar surface area (TPSA) is 67.2 Å². The van der Waals surface area contributed by atoms with Crippen molar-refractivity contribution in [1.82, 2.24) is 20.0 Å². The Labute approximate surface area is 195 Å². The summed E-state index contributed by atoms with van der Waals surface area (Å²) in [6, 6.07) is 23.7. The first-order valence-corrected chi connectivity index (χ1v) is 11.8. The van der Waals surface area contributed by atoms with E-state index in [2.05, 4.69) is 45.6 Å². The summed E-state index contributed by atoms with van der Waals surface area (Å²) in [4.78, 5) is 26.9. The summed E-state index contributed by atoms with van der Waals surface area (Å²) < 4.78 is 1.37. The van der Waals surface area contributed by atoms with E-state index < -0.39 is 0 Å². The lowest BCUT2D eigenvalue weighted by Crippen LogP contribution is -2.40. The summed E-state index contributed by atoms with van der Waals surface area (Å²) in [5.74, 6) is 0.698. The number of amides is 1. The zero-order chi connectivity index (χ0) is 22.9. The van der Waals surface area contributed by atoms with Gasteiger partial charge >= 0.3 is 0 Å². The van der Waals surface area contributed by atoms with Gasteiger partial charge in [-0.05, 0) is 49.9 Å². The van der Waals surface area contributed by atoms with E-state index in [1.165, 1.54) is 29.2 Å². The van der Waals surface area contributed by atoms with Crippen LogP contribution in [0.5, 0.6) is 0 Å². The fraction of sp³-hybridized carbons (Fsp3) is 0.370. The van der Waals surface area contributed by atoms with E-state index >= 15 is 0 Å². The molecule has 0 spiro atoms. The maximum absolute atomic E-state index is 12.3. The minimum Gasteiger partial charge on any atom is -0.355 e. The number of hydrogen-bond donors (Lipinski definition) is 1. The number of carbonyl (C=O) groups excluding carboxylic acids is 1. The fourth-order valence-corrected chi connectivity index (χ4v) is 4.38. The van der Waals surface area contributed by atoms with Gasteiger partial charge in [0.05, 0.1) is 12.2 Å². The number of carbonyl (C=O) groups is 1. The number of aryl methyl sites for hydroxylation is 1. The Morgan fingerprint density at radius 3 is 2.33 bits per heavy atom. The van der Waals surface area contributed by atoms with E-state index in [1.807, 2.05) is 30.3 Å². The largest absolute Gasteiger partial charge is 0.355 e. The number of nitrogens with zero attached hydrogens (tertiary/aromatic N) is 3. The second-order valence-corrected chi connectivity index (χ2v) is 8.72. The molecule has 2 heterocycles. The molecule has 1 aromatic heterocycles. The maximum atomic E-state index is 12.3. The predicted molar refractivity (Wildman–Crippen MR) is 131 cm³/mol. The second kappa shape index (κ2) is 11.6. The quantitative estimate of drug-likeness (QED) is 0.550. The number of hydrogen-bond acceptors (Lipinski definition) is 4. The van der Waals surface area contributed by atoms with Gasteiger partial charge in [-0.25, -0.2) is 4.68 Å². The summed E-state index contributed by atoms with van der Waals surface area (Å²) in [7, 11) is 0. The molecule has 1 fully saturated rings. The molecule has 3 aromatic rings. The zero-order valence-corrected chi connectivity index (χ0v) is 19.0. The maximum Gasteiger partial charge on any atom is 0.266 e. The molecule has 0 radical (unpaired) electrons. The average Bonchev–Trinajstić information content (AvgIpc) is 2.86. The number of piperidine rings is 1. The fourth-order valence-electron chi connectivity index (χ4n) is 4.38. The van der Waals surface area contributed by atoms with Crippen molar-refractivity contribution in [1.29, 1.82) is 0 Å². The first-order chi connectivity index (χ1) is 16.2. The minimum absolute atomic E-state index is 0.0484. The highest BCUT2D eigenvalue weighted by Crippen LogP contribution is 2.21. The van der Waals surface area contributed by atoms with Crippen LogP contribution < -0.4 is 10.9 Å². The Balaban J connectivity index is 1.16. The molecule has 1 aliphatic heterocycles. The van der Waals surface area contributed by atoms with Gasteiger partial charge in [-0.1, -0.05) is 60.7 Å². The molecule has 0 bridgehead atoms. The highest BCUT2D eigenvalue weighted by Gasteiger charge is 2.19. The molecule has 172 valence electrons. The SMILES string of the molecule is O=C(CCn1nc(-c2ccccc2)ccc1=O)NCCN1CCC(Cc2ccccc2)CC1. The van der Waals surface area contributed by atoms with Crippen LogP contribution in [0.1, 0.15) is 24.8 Å². The van der Waals surface area contributed by atoms with Crippen molar-refractivity contribution >= 4 is 5.91 Å². The van der Waals surface area contributed by atoms with Crippen LogP contribution in [0.2, 0.25) is 0 Å². The first kappa shape index (κ1) is 22.9. The Morgan fingerprint density at radius 2 is 1.61 bits per heavy atom. The molecular weight excluding hydrogens is 412 g/mol. The molecule has 0 unspecified atom stereocenters. The van der Waals surface area contributed by atoms with Crippen molar-refractivity contribution in [2.24, 2.45) is 5.92 Å². The van der Waals surface area contributed by atoms with Crippen molar-refractivity contribution in [2.75, 3.05) is 26.2 Å². The van der Waals surface area contributed by atoms with Gasteiger partial charge in [0.25, 0.3) is 5.56 Å². The van der Waals surface area contributed by atoms with Gasteiger partial charge in [0, 0.05) is 31.1 Å². The van der Waals surface area contributed by atoms with Gasteiger partial charge in [0.15, 0.2) is 0 Å². The van der Waals surface area contributed by atoms with Crippen LogP contribution in [0.25, 0.3) is 11.3 Å². The zero-order valence-electron chi connectivity index (χ0n) is 19.0. The molecule has 6 nitrogen and oxygen atoms in total. The number of nitrogens with one attached hydrogen (secondary N) is 1. The Bertz CT molecular complexity index is 1070. The third kappa shape index (κ3) is 6.86. The van der Waals surface area contributed by atoms with Gasteiger partial charge in [-0.2, -0.15) is 5.10 Å². The van der Waals surface area contributed by atoms with Crippen molar-refractivity contribution in [2.45, 2.75) is 32.2 Å². The Morgan fingerprint density at radius 1 is 0.909 bits per heavy atom. The molecule has 1 N–H and O–H groups in total. The predicted octanol–water partition coefficient (Wildman–Crippen LogP) is 3.37. The van der Waals surface area contributed by atoms with Gasteiger partial charge in [0.1, 0.15) is 0 Å². The van der Waals surface area contributed by atoms with Crippen molar-refractivity contribution < 1.29 is 4.79 Å². The molecule has 6 heteroatoms. The summed E-state index contributed by atoms with van der Waals surface area (Å²) in [5.41, 5.74) is 2.90. The molecule has 4 rings (SSSR count). The lowest BCUT2D eigenvalue weighted by atomic mass is 9.90. The minimum atomic E-state index is -0.194. The summed E-state index contributed by atoms with van der Waals surface area (Å²) in [6.45, 7) is 3.94. The standard InChI is InChI=1S/C27H32N4O2/c32-26(15-19-31-27(33)12-11-25(29-31)24-9-5-2-6-10-24)28-16-20-30-17-13-23(14-18-30)21-22-7-3-1-4-8-22/h1-12,23H,13-21H2,(H,28,32). The normalized spacial score (nSPS) is 14.8. The molecular formula is C27H32N4O2. The lowest BCUT2D eigenvalue weighted by Gasteiger charge is -2.32. The molecule has 0 aliphatic carbocycles. The first-order valence-electron chi connectivity index (χ1n) is 11.8. The van der Waals surface area contributed by atoms with Gasteiger partial charge in [-0.15, -0.1) is 0 Å². The Hall–Kier alpha value is -3.25. The Kier molecular flexibility index (Phi) is 8.04. The van der Waals surface area contributed by atoms with E-state index in [1.54, 1.807) is 6.07 Å². The molecule has 1 amide bonds. The van der Waals surface area contributed by atoms with E-state index in [4.69, 9.17) is 0 Å². The third-order valence-corrected chi connectivity index (χ3v) is 6.31. The molecule has 1 saturated heterocycles. The van der Waals surface area contributed by atoms with Crippen LogP contribution in [0.15, 0.2) is 77.6 Å². The average molecular weight is 445 g/mol. The van der Waals surface area contributed by atoms with Gasteiger partial charge in [-0.3, -0.25) is 9.59 Å². The monoisotopic (exact) mass is 444 g/mol. The van der Waals surface area contributed by atoms with Crippen LogP contribution >= 0.6 is 0 Å².